The lowest BCUT2D eigenvalue weighted by molar-refractivity contribution is -0.112. The van der Waals surface area contributed by atoms with Gasteiger partial charge in [-0.2, -0.15) is 0 Å². The number of aldehydes is 1. The molecule has 0 bridgehead atoms. The standard InChI is InChI=1S/C16H22ClNO5/c1-16(2,3)23-15(20)18(4)12(9-19)10-7-11(17)14(22-6)13(8-10)21-5/h7-9,12H,1-6H3. The molecule has 0 aromatic heterocycles. The molecule has 0 saturated carbocycles. The van der Waals surface area contributed by atoms with Gasteiger partial charge in [-0.25, -0.2) is 4.79 Å². The van der Waals surface area contributed by atoms with Crippen LogP contribution in [0.4, 0.5) is 4.79 Å². The summed E-state index contributed by atoms with van der Waals surface area (Å²) in [7, 11) is 4.41. The average Bonchev–Trinajstić information content (AvgIpc) is 2.45. The first kappa shape index (κ1) is 19.1. The van der Waals surface area contributed by atoms with Crippen LogP contribution in [-0.2, 0) is 9.53 Å². The minimum Gasteiger partial charge on any atom is -0.493 e. The van der Waals surface area contributed by atoms with Crippen molar-refractivity contribution in [3.63, 3.8) is 0 Å². The van der Waals surface area contributed by atoms with Crippen molar-refractivity contribution in [2.24, 2.45) is 0 Å². The van der Waals surface area contributed by atoms with Crippen LogP contribution in [0.25, 0.3) is 0 Å². The van der Waals surface area contributed by atoms with E-state index in [1.807, 2.05) is 0 Å². The maximum atomic E-state index is 12.2. The second-order valence-corrected chi connectivity index (χ2v) is 6.32. The van der Waals surface area contributed by atoms with E-state index in [0.29, 0.717) is 23.3 Å². The highest BCUT2D eigenvalue weighted by Gasteiger charge is 2.27. The Morgan fingerprint density at radius 3 is 2.30 bits per heavy atom. The first-order valence-electron chi connectivity index (χ1n) is 6.97. The third-order valence-electron chi connectivity index (χ3n) is 3.03. The van der Waals surface area contributed by atoms with Crippen molar-refractivity contribution in [1.29, 1.82) is 0 Å². The Labute approximate surface area is 141 Å². The number of nitrogens with zero attached hydrogens (tertiary/aromatic N) is 1. The van der Waals surface area contributed by atoms with Crippen molar-refractivity contribution in [1.82, 2.24) is 4.90 Å². The van der Waals surface area contributed by atoms with Crippen molar-refractivity contribution >= 4 is 24.0 Å². The molecule has 128 valence electrons. The number of methoxy groups -OCH3 is 2. The molecule has 1 unspecified atom stereocenters. The van der Waals surface area contributed by atoms with Crippen LogP contribution in [0.1, 0.15) is 32.4 Å². The van der Waals surface area contributed by atoms with E-state index in [1.165, 1.54) is 26.2 Å². The molecule has 0 spiro atoms. The first-order valence-corrected chi connectivity index (χ1v) is 7.35. The molecule has 0 N–H and O–H groups in total. The number of ether oxygens (including phenoxy) is 3. The number of likely N-dealkylation sites (N-methyl/N-ethyl adjacent to an activating group) is 1. The van der Waals surface area contributed by atoms with Crippen LogP contribution in [0.3, 0.4) is 0 Å². The fourth-order valence-electron chi connectivity index (χ4n) is 1.95. The summed E-state index contributed by atoms with van der Waals surface area (Å²) in [4.78, 5) is 24.9. The second kappa shape index (κ2) is 7.55. The van der Waals surface area contributed by atoms with Gasteiger partial charge in [0.05, 0.1) is 19.2 Å². The lowest BCUT2D eigenvalue weighted by Crippen LogP contribution is -2.37. The summed E-state index contributed by atoms with van der Waals surface area (Å²) in [5.74, 6) is 0.738. The van der Waals surface area contributed by atoms with Crippen molar-refractivity contribution in [3.05, 3.63) is 22.7 Å². The highest BCUT2D eigenvalue weighted by atomic mass is 35.5. The number of carbonyl (C=O) groups is 2. The third-order valence-corrected chi connectivity index (χ3v) is 3.31. The van der Waals surface area contributed by atoms with Gasteiger partial charge in [0.2, 0.25) is 0 Å². The van der Waals surface area contributed by atoms with Gasteiger partial charge in [-0.1, -0.05) is 11.6 Å². The normalized spacial score (nSPS) is 12.3. The van der Waals surface area contributed by atoms with Crippen LogP contribution in [0, 0.1) is 0 Å². The van der Waals surface area contributed by atoms with Gasteiger partial charge in [-0.05, 0) is 38.5 Å². The van der Waals surface area contributed by atoms with E-state index in [-0.39, 0.29) is 5.02 Å². The van der Waals surface area contributed by atoms with Crippen LogP contribution in [0.5, 0.6) is 11.5 Å². The molecule has 6 nitrogen and oxygen atoms in total. The Bertz CT molecular complexity index is 583. The van der Waals surface area contributed by atoms with Gasteiger partial charge in [0.15, 0.2) is 11.5 Å². The van der Waals surface area contributed by atoms with Crippen LogP contribution in [0.15, 0.2) is 12.1 Å². The molecule has 7 heteroatoms. The van der Waals surface area contributed by atoms with Crippen molar-refractivity contribution in [2.75, 3.05) is 21.3 Å². The van der Waals surface area contributed by atoms with Gasteiger partial charge < -0.3 is 19.0 Å². The smallest absolute Gasteiger partial charge is 0.410 e. The molecule has 0 aliphatic rings. The summed E-state index contributed by atoms with van der Waals surface area (Å²) in [5, 5.41) is 0.284. The maximum Gasteiger partial charge on any atom is 0.410 e. The first-order chi connectivity index (χ1) is 10.6. The average molecular weight is 344 g/mol. The molecule has 0 fully saturated rings. The maximum absolute atomic E-state index is 12.2. The van der Waals surface area contributed by atoms with E-state index in [0.717, 1.165) is 0 Å². The van der Waals surface area contributed by atoms with Crippen molar-refractivity contribution in [2.45, 2.75) is 32.4 Å². The largest absolute Gasteiger partial charge is 0.493 e. The van der Waals surface area contributed by atoms with Crippen LogP contribution in [0.2, 0.25) is 5.02 Å². The molecule has 1 aromatic carbocycles. The fraction of sp³-hybridized carbons (Fsp3) is 0.500. The van der Waals surface area contributed by atoms with E-state index in [1.54, 1.807) is 32.9 Å². The van der Waals surface area contributed by atoms with Gasteiger partial charge in [0.1, 0.15) is 17.9 Å². The molecule has 23 heavy (non-hydrogen) atoms. The number of hydrogen-bond acceptors (Lipinski definition) is 5. The van der Waals surface area contributed by atoms with Gasteiger partial charge in [-0.3, -0.25) is 4.90 Å². The predicted octanol–water partition coefficient (Wildman–Crippen LogP) is 3.46. The summed E-state index contributed by atoms with van der Waals surface area (Å²) in [6.45, 7) is 5.26. The van der Waals surface area contributed by atoms with Gasteiger partial charge >= 0.3 is 6.09 Å². The summed E-state index contributed by atoms with van der Waals surface area (Å²) in [6, 6.07) is 2.30. The van der Waals surface area contributed by atoms with Gasteiger partial charge in [-0.15, -0.1) is 0 Å². The van der Waals surface area contributed by atoms with Gasteiger partial charge in [0, 0.05) is 7.05 Å². The number of rotatable bonds is 5. The monoisotopic (exact) mass is 343 g/mol. The Balaban J connectivity index is 3.17. The molecular formula is C16H22ClNO5. The SMILES string of the molecule is COc1cc(C(C=O)N(C)C(=O)OC(C)(C)C)cc(Cl)c1OC. The minimum absolute atomic E-state index is 0.284. The highest BCUT2D eigenvalue weighted by Crippen LogP contribution is 2.38. The molecule has 1 atom stereocenters. The lowest BCUT2D eigenvalue weighted by Gasteiger charge is -2.28. The Kier molecular flexibility index (Phi) is 6.27. The Hall–Kier alpha value is -1.95. The minimum atomic E-state index is -0.859. The predicted molar refractivity (Wildman–Crippen MR) is 87.4 cm³/mol. The molecule has 0 saturated heterocycles. The third kappa shape index (κ3) is 4.76. The number of hydrogen-bond donors (Lipinski definition) is 0. The lowest BCUT2D eigenvalue weighted by atomic mass is 10.1. The van der Waals surface area contributed by atoms with Crippen LogP contribution < -0.4 is 9.47 Å². The number of benzene rings is 1. The van der Waals surface area contributed by atoms with E-state index < -0.39 is 17.7 Å². The van der Waals surface area contributed by atoms with Crippen molar-refractivity contribution < 1.29 is 23.8 Å². The Morgan fingerprint density at radius 2 is 1.87 bits per heavy atom. The topological polar surface area (TPSA) is 65.1 Å². The quantitative estimate of drug-likeness (QED) is 0.766. The van der Waals surface area contributed by atoms with E-state index in [4.69, 9.17) is 25.8 Å². The summed E-state index contributed by atoms with van der Waals surface area (Å²) < 4.78 is 15.6. The second-order valence-electron chi connectivity index (χ2n) is 5.91. The number of carbonyl (C=O) groups excluding carboxylic acids is 2. The molecule has 0 radical (unpaired) electrons. The van der Waals surface area contributed by atoms with Crippen LogP contribution >= 0.6 is 11.6 Å². The van der Waals surface area contributed by atoms with Crippen molar-refractivity contribution in [3.8, 4) is 11.5 Å². The molecule has 1 aromatic rings. The van der Waals surface area contributed by atoms with E-state index in [2.05, 4.69) is 0 Å². The zero-order valence-corrected chi connectivity index (χ0v) is 14.9. The molecule has 0 heterocycles. The number of amides is 1. The molecule has 0 aliphatic heterocycles. The van der Waals surface area contributed by atoms with E-state index >= 15 is 0 Å². The van der Waals surface area contributed by atoms with Crippen LogP contribution in [-0.4, -0.2) is 44.1 Å². The zero-order chi connectivity index (χ0) is 17.8. The fourth-order valence-corrected chi connectivity index (χ4v) is 2.25. The Morgan fingerprint density at radius 1 is 1.26 bits per heavy atom. The molecular weight excluding hydrogens is 322 g/mol. The summed E-state index contributed by atoms with van der Waals surface area (Å²) in [6.07, 6.45) is 0.0297. The number of halogens is 1. The summed E-state index contributed by atoms with van der Waals surface area (Å²) in [5.41, 5.74) is -0.162. The highest BCUT2D eigenvalue weighted by molar-refractivity contribution is 6.32. The zero-order valence-electron chi connectivity index (χ0n) is 14.2. The molecule has 0 aliphatic carbocycles. The van der Waals surface area contributed by atoms with E-state index in [9.17, 15) is 9.59 Å². The molecule has 1 amide bonds. The van der Waals surface area contributed by atoms with Gasteiger partial charge in [0.25, 0.3) is 0 Å². The summed E-state index contributed by atoms with van der Waals surface area (Å²) >= 11 is 6.15. The molecule has 1 rings (SSSR count).